The summed E-state index contributed by atoms with van der Waals surface area (Å²) >= 11 is 0. The summed E-state index contributed by atoms with van der Waals surface area (Å²) < 4.78 is 10.7. The van der Waals surface area contributed by atoms with Crippen LogP contribution in [0, 0.1) is 17.8 Å². The van der Waals surface area contributed by atoms with Crippen LogP contribution in [0.15, 0.2) is 12.1 Å². The molecule has 2 N–H and O–H groups in total. The van der Waals surface area contributed by atoms with Gasteiger partial charge in [0.1, 0.15) is 5.75 Å². The van der Waals surface area contributed by atoms with Gasteiger partial charge in [-0.05, 0) is 50.0 Å². The normalized spacial score (nSPS) is 30.8. The summed E-state index contributed by atoms with van der Waals surface area (Å²) in [6.45, 7) is 3.21. The third-order valence-electron chi connectivity index (χ3n) is 5.62. The number of aromatic hydroxyl groups is 1. The molecule has 0 amide bonds. The van der Waals surface area contributed by atoms with Gasteiger partial charge < -0.3 is 19.9 Å². The number of phenols is 1. The van der Waals surface area contributed by atoms with Crippen molar-refractivity contribution < 1.29 is 14.6 Å². The third-order valence-corrected chi connectivity index (χ3v) is 5.62. The van der Waals surface area contributed by atoms with Crippen LogP contribution in [-0.4, -0.2) is 17.9 Å². The SMILES string of the molecule is CC(NCc1cc2c(cc1O)OCO2)C1CC2CCC1C2. The Balaban J connectivity index is 1.40. The molecule has 3 aliphatic rings. The van der Waals surface area contributed by atoms with Gasteiger partial charge in [-0.1, -0.05) is 6.42 Å². The molecule has 2 saturated carbocycles. The molecular weight excluding hydrogens is 266 g/mol. The number of ether oxygens (including phenoxy) is 2. The summed E-state index contributed by atoms with van der Waals surface area (Å²) in [6, 6.07) is 4.05. The number of fused-ring (bicyclic) bond motifs is 3. The Kier molecular flexibility index (Phi) is 3.21. The lowest BCUT2D eigenvalue weighted by atomic mass is 9.84. The maximum atomic E-state index is 10.1. The minimum absolute atomic E-state index is 0.243. The Morgan fingerprint density at radius 3 is 2.76 bits per heavy atom. The summed E-state index contributed by atoms with van der Waals surface area (Å²) in [4.78, 5) is 0. The zero-order valence-electron chi connectivity index (χ0n) is 12.5. The Morgan fingerprint density at radius 2 is 2.05 bits per heavy atom. The van der Waals surface area contributed by atoms with Crippen LogP contribution in [-0.2, 0) is 6.54 Å². The molecule has 4 nitrogen and oxygen atoms in total. The molecule has 0 spiro atoms. The van der Waals surface area contributed by atoms with E-state index in [0.717, 1.165) is 29.1 Å². The Hall–Kier alpha value is -1.42. The van der Waals surface area contributed by atoms with Crippen molar-refractivity contribution in [1.29, 1.82) is 0 Å². The van der Waals surface area contributed by atoms with Gasteiger partial charge in [0.15, 0.2) is 11.5 Å². The highest BCUT2D eigenvalue weighted by molar-refractivity contribution is 5.51. The first kappa shape index (κ1) is 13.3. The number of hydrogen-bond acceptors (Lipinski definition) is 4. The van der Waals surface area contributed by atoms with Crippen LogP contribution in [0.2, 0.25) is 0 Å². The first-order valence-electron chi connectivity index (χ1n) is 8.05. The van der Waals surface area contributed by atoms with Gasteiger partial charge in [0.2, 0.25) is 6.79 Å². The van der Waals surface area contributed by atoms with E-state index in [1.807, 2.05) is 6.07 Å². The van der Waals surface area contributed by atoms with Gasteiger partial charge in [-0.15, -0.1) is 0 Å². The molecule has 4 unspecified atom stereocenters. The molecule has 4 atom stereocenters. The molecule has 1 aliphatic heterocycles. The van der Waals surface area contributed by atoms with Crippen molar-refractivity contribution >= 4 is 0 Å². The van der Waals surface area contributed by atoms with Crippen molar-refractivity contribution in [2.75, 3.05) is 6.79 Å². The summed E-state index contributed by atoms with van der Waals surface area (Å²) in [6.07, 6.45) is 5.67. The van der Waals surface area contributed by atoms with E-state index in [1.54, 1.807) is 6.07 Å². The van der Waals surface area contributed by atoms with Crippen molar-refractivity contribution in [2.45, 2.75) is 45.2 Å². The second-order valence-corrected chi connectivity index (χ2v) is 6.84. The quantitative estimate of drug-likeness (QED) is 0.894. The van der Waals surface area contributed by atoms with Crippen molar-refractivity contribution in [2.24, 2.45) is 17.8 Å². The Labute approximate surface area is 125 Å². The van der Waals surface area contributed by atoms with E-state index in [0.29, 0.717) is 18.3 Å². The van der Waals surface area contributed by atoms with Gasteiger partial charge >= 0.3 is 0 Å². The van der Waals surface area contributed by atoms with Gasteiger partial charge in [0.25, 0.3) is 0 Å². The number of rotatable bonds is 4. The molecule has 1 aromatic rings. The molecule has 0 aromatic heterocycles. The fraction of sp³-hybridized carbons (Fsp3) is 0.647. The standard InChI is InChI=1S/C17H23NO3/c1-10(14-5-11-2-3-12(14)4-11)18-8-13-6-16-17(7-15(13)19)21-9-20-16/h6-7,10-12,14,18-19H,2-5,8-9H2,1H3. The van der Waals surface area contributed by atoms with E-state index >= 15 is 0 Å². The Bertz CT molecular complexity index is 545. The zero-order chi connectivity index (χ0) is 14.4. The molecule has 4 rings (SSSR count). The van der Waals surface area contributed by atoms with Crippen molar-refractivity contribution in [1.82, 2.24) is 5.32 Å². The van der Waals surface area contributed by atoms with Gasteiger partial charge in [-0.2, -0.15) is 0 Å². The topological polar surface area (TPSA) is 50.7 Å². The lowest BCUT2D eigenvalue weighted by Gasteiger charge is -2.28. The third kappa shape index (κ3) is 2.35. The van der Waals surface area contributed by atoms with Gasteiger partial charge in [-0.3, -0.25) is 0 Å². The predicted molar refractivity (Wildman–Crippen MR) is 79.5 cm³/mol. The van der Waals surface area contributed by atoms with Crippen LogP contribution in [0.25, 0.3) is 0 Å². The molecule has 2 aliphatic carbocycles. The second kappa shape index (κ2) is 5.09. The fourth-order valence-electron chi connectivity index (χ4n) is 4.44. The highest BCUT2D eigenvalue weighted by atomic mass is 16.7. The lowest BCUT2D eigenvalue weighted by Crippen LogP contribution is -2.35. The van der Waals surface area contributed by atoms with E-state index in [1.165, 1.54) is 25.7 Å². The predicted octanol–water partition coefficient (Wildman–Crippen LogP) is 3.04. The van der Waals surface area contributed by atoms with Crippen LogP contribution in [0.1, 0.15) is 38.2 Å². The van der Waals surface area contributed by atoms with E-state index in [2.05, 4.69) is 12.2 Å². The first-order chi connectivity index (χ1) is 10.2. The van der Waals surface area contributed by atoms with Crippen LogP contribution in [0.3, 0.4) is 0 Å². The minimum atomic E-state index is 0.243. The van der Waals surface area contributed by atoms with E-state index < -0.39 is 0 Å². The number of nitrogens with one attached hydrogen (secondary N) is 1. The molecule has 21 heavy (non-hydrogen) atoms. The van der Waals surface area contributed by atoms with Gasteiger partial charge in [0, 0.05) is 24.2 Å². The van der Waals surface area contributed by atoms with Crippen LogP contribution in [0.4, 0.5) is 0 Å². The van der Waals surface area contributed by atoms with Crippen LogP contribution >= 0.6 is 0 Å². The summed E-state index contributed by atoms with van der Waals surface area (Å²) in [5, 5.41) is 13.7. The van der Waals surface area contributed by atoms with Gasteiger partial charge in [-0.25, -0.2) is 0 Å². The zero-order valence-corrected chi connectivity index (χ0v) is 12.5. The maximum Gasteiger partial charge on any atom is 0.231 e. The molecular formula is C17H23NO3. The summed E-state index contributed by atoms with van der Waals surface area (Å²) in [5.74, 6) is 4.35. The molecule has 2 fully saturated rings. The van der Waals surface area contributed by atoms with E-state index in [9.17, 15) is 5.11 Å². The first-order valence-corrected chi connectivity index (χ1v) is 8.05. The smallest absolute Gasteiger partial charge is 0.231 e. The average molecular weight is 289 g/mol. The van der Waals surface area contributed by atoms with Crippen molar-refractivity contribution in [3.63, 3.8) is 0 Å². The molecule has 114 valence electrons. The van der Waals surface area contributed by atoms with E-state index in [4.69, 9.17) is 9.47 Å². The average Bonchev–Trinajstić information content (AvgIpc) is 3.19. The summed E-state index contributed by atoms with van der Waals surface area (Å²) in [5.41, 5.74) is 0.884. The van der Waals surface area contributed by atoms with Crippen LogP contribution in [0.5, 0.6) is 17.2 Å². The largest absolute Gasteiger partial charge is 0.507 e. The number of benzene rings is 1. The number of phenolic OH excluding ortho intramolecular Hbond substituents is 1. The highest BCUT2D eigenvalue weighted by Gasteiger charge is 2.41. The Morgan fingerprint density at radius 1 is 1.24 bits per heavy atom. The molecule has 2 bridgehead atoms. The van der Waals surface area contributed by atoms with E-state index in [-0.39, 0.29) is 12.5 Å². The highest BCUT2D eigenvalue weighted by Crippen LogP contribution is 2.49. The van der Waals surface area contributed by atoms with Crippen molar-refractivity contribution in [3.05, 3.63) is 17.7 Å². The van der Waals surface area contributed by atoms with Gasteiger partial charge in [0.05, 0.1) is 0 Å². The monoisotopic (exact) mass is 289 g/mol. The molecule has 0 radical (unpaired) electrons. The fourth-order valence-corrected chi connectivity index (χ4v) is 4.44. The van der Waals surface area contributed by atoms with Crippen LogP contribution < -0.4 is 14.8 Å². The lowest BCUT2D eigenvalue weighted by molar-refractivity contribution is 0.174. The van der Waals surface area contributed by atoms with Crippen molar-refractivity contribution in [3.8, 4) is 17.2 Å². The molecule has 0 saturated heterocycles. The minimum Gasteiger partial charge on any atom is -0.507 e. The second-order valence-electron chi connectivity index (χ2n) is 6.84. The molecule has 4 heteroatoms. The maximum absolute atomic E-state index is 10.1. The number of hydrogen-bond donors (Lipinski definition) is 2. The molecule has 1 heterocycles. The summed E-state index contributed by atoms with van der Waals surface area (Å²) in [7, 11) is 0. The molecule has 1 aromatic carbocycles.